The maximum atomic E-state index is 13.5. The van der Waals surface area contributed by atoms with Crippen molar-refractivity contribution >= 4 is 23.6 Å². The summed E-state index contributed by atoms with van der Waals surface area (Å²) in [5, 5.41) is 13.2. The van der Waals surface area contributed by atoms with Crippen LogP contribution in [0.25, 0.3) is 6.08 Å². The highest BCUT2D eigenvalue weighted by Crippen LogP contribution is 2.27. The number of hydrogen-bond donors (Lipinski definition) is 2. The summed E-state index contributed by atoms with van der Waals surface area (Å²) >= 11 is 5.87. The van der Waals surface area contributed by atoms with Gasteiger partial charge in [0.2, 0.25) is 5.91 Å². The molecule has 0 radical (unpaired) electrons. The van der Waals surface area contributed by atoms with Gasteiger partial charge in [0.1, 0.15) is 5.82 Å². The van der Waals surface area contributed by atoms with E-state index in [9.17, 15) is 14.3 Å². The maximum absolute atomic E-state index is 13.5. The minimum absolute atomic E-state index is 0.186. The Balaban J connectivity index is 1.91. The molecule has 0 unspecified atom stereocenters. The number of benzene rings is 1. The average Bonchev–Trinajstić information content (AvgIpc) is 2.45. The Morgan fingerprint density at radius 3 is 2.76 bits per heavy atom. The van der Waals surface area contributed by atoms with Crippen LogP contribution in [0.3, 0.4) is 0 Å². The first-order valence-corrected chi connectivity index (χ1v) is 7.50. The van der Waals surface area contributed by atoms with Crippen LogP contribution in [0.15, 0.2) is 24.3 Å². The Labute approximate surface area is 128 Å². The molecular formula is C16H19ClFNO2. The maximum Gasteiger partial charge on any atom is 0.244 e. The van der Waals surface area contributed by atoms with Crippen LogP contribution in [0, 0.1) is 5.82 Å². The first kappa shape index (κ1) is 16.0. The zero-order valence-electron chi connectivity index (χ0n) is 11.7. The molecule has 1 aliphatic rings. The van der Waals surface area contributed by atoms with E-state index in [1.54, 1.807) is 6.07 Å². The monoisotopic (exact) mass is 311 g/mol. The van der Waals surface area contributed by atoms with Gasteiger partial charge in [-0.1, -0.05) is 36.9 Å². The summed E-state index contributed by atoms with van der Waals surface area (Å²) < 4.78 is 13.5. The van der Waals surface area contributed by atoms with E-state index in [0.717, 1.165) is 19.3 Å². The van der Waals surface area contributed by atoms with Crippen LogP contribution in [0.4, 0.5) is 4.39 Å². The first-order chi connectivity index (χ1) is 10.0. The molecule has 5 heteroatoms. The molecule has 2 rings (SSSR count). The van der Waals surface area contributed by atoms with Gasteiger partial charge in [0.15, 0.2) is 0 Å². The molecule has 3 nitrogen and oxygen atoms in total. The third-order valence-corrected chi connectivity index (χ3v) is 4.11. The van der Waals surface area contributed by atoms with Crippen LogP contribution in [0.1, 0.15) is 37.7 Å². The van der Waals surface area contributed by atoms with Crippen LogP contribution in [0.5, 0.6) is 0 Å². The van der Waals surface area contributed by atoms with Crippen LogP contribution in [0.2, 0.25) is 5.02 Å². The molecule has 114 valence electrons. The predicted octanol–water partition coefficient (Wildman–Crippen LogP) is 3.30. The van der Waals surface area contributed by atoms with E-state index in [0.29, 0.717) is 12.8 Å². The predicted molar refractivity (Wildman–Crippen MR) is 81.5 cm³/mol. The number of rotatable bonds is 4. The quantitative estimate of drug-likeness (QED) is 0.838. The van der Waals surface area contributed by atoms with Crippen molar-refractivity contribution in [1.29, 1.82) is 0 Å². The third kappa shape index (κ3) is 4.55. The zero-order valence-corrected chi connectivity index (χ0v) is 12.5. The second-order valence-electron chi connectivity index (χ2n) is 5.47. The fourth-order valence-electron chi connectivity index (χ4n) is 2.53. The average molecular weight is 312 g/mol. The van der Waals surface area contributed by atoms with Crippen molar-refractivity contribution in [1.82, 2.24) is 5.32 Å². The Hall–Kier alpha value is -1.39. The topological polar surface area (TPSA) is 49.3 Å². The summed E-state index contributed by atoms with van der Waals surface area (Å²) in [6.07, 6.45) is 7.07. The van der Waals surface area contributed by atoms with Gasteiger partial charge in [-0.15, -0.1) is 0 Å². The normalized spacial score (nSPS) is 17.9. The van der Waals surface area contributed by atoms with Crippen molar-refractivity contribution < 1.29 is 14.3 Å². The molecule has 2 N–H and O–H groups in total. The summed E-state index contributed by atoms with van der Waals surface area (Å²) in [4.78, 5) is 11.7. The highest BCUT2D eigenvalue weighted by Gasteiger charge is 2.29. The molecule has 1 fully saturated rings. The molecule has 0 atom stereocenters. The SMILES string of the molecule is O=C(C=Cc1c(F)cccc1Cl)NCC1(O)CCCCC1. The molecule has 0 heterocycles. The molecule has 0 bridgehead atoms. The molecule has 0 aliphatic heterocycles. The highest BCUT2D eigenvalue weighted by atomic mass is 35.5. The lowest BCUT2D eigenvalue weighted by Crippen LogP contribution is -2.43. The lowest BCUT2D eigenvalue weighted by molar-refractivity contribution is -0.118. The molecule has 0 aromatic heterocycles. The number of nitrogens with one attached hydrogen (secondary N) is 1. The van der Waals surface area contributed by atoms with E-state index < -0.39 is 11.4 Å². The Morgan fingerprint density at radius 2 is 2.10 bits per heavy atom. The summed E-state index contributed by atoms with van der Waals surface area (Å²) in [5.41, 5.74) is -0.622. The Bertz CT molecular complexity index is 519. The molecule has 0 spiro atoms. The van der Waals surface area contributed by atoms with Gasteiger partial charge < -0.3 is 10.4 Å². The molecule has 21 heavy (non-hydrogen) atoms. The zero-order chi connectivity index (χ0) is 15.3. The van der Waals surface area contributed by atoms with Gasteiger partial charge in [-0.25, -0.2) is 4.39 Å². The van der Waals surface area contributed by atoms with E-state index in [1.807, 2.05) is 0 Å². The molecule has 1 saturated carbocycles. The van der Waals surface area contributed by atoms with Crippen LogP contribution < -0.4 is 5.32 Å². The number of amides is 1. The summed E-state index contributed by atoms with van der Waals surface area (Å²) in [7, 11) is 0. The molecule has 1 aliphatic carbocycles. The van der Waals surface area contributed by atoms with E-state index in [4.69, 9.17) is 11.6 Å². The molecule has 0 saturated heterocycles. The molecule has 1 aromatic rings. The number of hydrogen-bond acceptors (Lipinski definition) is 2. The standard InChI is InChI=1S/C16H19ClFNO2/c17-13-5-4-6-14(18)12(13)7-8-15(20)19-11-16(21)9-2-1-3-10-16/h4-8,21H,1-3,9-11H2,(H,19,20). The third-order valence-electron chi connectivity index (χ3n) is 3.78. The molecular weight excluding hydrogens is 293 g/mol. The van der Waals surface area contributed by atoms with Crippen LogP contribution >= 0.6 is 11.6 Å². The van der Waals surface area contributed by atoms with Gasteiger partial charge in [-0.3, -0.25) is 4.79 Å². The fourth-order valence-corrected chi connectivity index (χ4v) is 2.75. The summed E-state index contributed by atoms with van der Waals surface area (Å²) in [5.74, 6) is -0.842. The smallest absolute Gasteiger partial charge is 0.244 e. The second-order valence-corrected chi connectivity index (χ2v) is 5.88. The van der Waals surface area contributed by atoms with Crippen LogP contribution in [-0.4, -0.2) is 23.2 Å². The largest absolute Gasteiger partial charge is 0.388 e. The lowest BCUT2D eigenvalue weighted by Gasteiger charge is -2.31. The number of halogens is 2. The Morgan fingerprint density at radius 1 is 1.38 bits per heavy atom. The fraction of sp³-hybridized carbons (Fsp3) is 0.438. The van der Waals surface area contributed by atoms with Crippen molar-refractivity contribution in [2.24, 2.45) is 0 Å². The van der Waals surface area contributed by atoms with Crippen molar-refractivity contribution in [2.45, 2.75) is 37.7 Å². The van der Waals surface area contributed by atoms with E-state index in [-0.39, 0.29) is 23.0 Å². The van der Waals surface area contributed by atoms with E-state index in [1.165, 1.54) is 24.3 Å². The Kier molecular flexibility index (Phi) is 5.37. The van der Waals surface area contributed by atoms with Crippen molar-refractivity contribution in [3.8, 4) is 0 Å². The van der Waals surface area contributed by atoms with Crippen LogP contribution in [-0.2, 0) is 4.79 Å². The van der Waals surface area contributed by atoms with Gasteiger partial charge >= 0.3 is 0 Å². The van der Waals surface area contributed by atoms with Gasteiger partial charge in [0, 0.05) is 18.2 Å². The van der Waals surface area contributed by atoms with Gasteiger partial charge in [-0.2, -0.15) is 0 Å². The van der Waals surface area contributed by atoms with E-state index >= 15 is 0 Å². The number of aliphatic hydroxyl groups is 1. The highest BCUT2D eigenvalue weighted by molar-refractivity contribution is 6.32. The van der Waals surface area contributed by atoms with Crippen molar-refractivity contribution in [3.05, 3.63) is 40.7 Å². The van der Waals surface area contributed by atoms with E-state index in [2.05, 4.69) is 5.32 Å². The van der Waals surface area contributed by atoms with Gasteiger partial charge in [0.25, 0.3) is 0 Å². The molecule has 1 aromatic carbocycles. The van der Waals surface area contributed by atoms with Gasteiger partial charge in [-0.05, 0) is 31.1 Å². The first-order valence-electron chi connectivity index (χ1n) is 7.12. The van der Waals surface area contributed by atoms with Crippen molar-refractivity contribution in [2.75, 3.05) is 6.54 Å². The molecule has 1 amide bonds. The summed E-state index contributed by atoms with van der Waals surface area (Å²) in [6, 6.07) is 4.36. The van der Waals surface area contributed by atoms with Gasteiger partial charge in [0.05, 0.1) is 10.6 Å². The number of carbonyl (C=O) groups is 1. The minimum atomic E-state index is -0.808. The second kappa shape index (κ2) is 7.05. The minimum Gasteiger partial charge on any atom is -0.388 e. The lowest BCUT2D eigenvalue weighted by atomic mass is 9.85. The summed E-state index contributed by atoms with van der Waals surface area (Å²) in [6.45, 7) is 0.223. The number of carbonyl (C=O) groups excluding carboxylic acids is 1. The van der Waals surface area contributed by atoms with Crippen molar-refractivity contribution in [3.63, 3.8) is 0 Å².